The number of Topliss-reactive ketones (excluding diaryl/α,β-unsaturated/α-hetero) is 1. The molecule has 1 heterocycles. The van der Waals surface area contributed by atoms with Gasteiger partial charge in [-0.25, -0.2) is 0 Å². The van der Waals surface area contributed by atoms with Crippen LogP contribution in [0, 0.1) is 5.92 Å². The summed E-state index contributed by atoms with van der Waals surface area (Å²) in [5.74, 6) is 0.458. The molecule has 0 aliphatic rings. The standard InChI is InChI=1S/C13H24N4O2/c1-10(5-6-14)13(18)12-11(19-4)9-15-17(12)8-7-16(2)3/h9-10H,5-8,14H2,1-4H3. The number of hydrogen-bond acceptors (Lipinski definition) is 5. The molecular weight excluding hydrogens is 244 g/mol. The average molecular weight is 268 g/mol. The lowest BCUT2D eigenvalue weighted by Gasteiger charge is -2.14. The number of ketones is 1. The van der Waals surface area contributed by atoms with Crippen LogP contribution in [0.15, 0.2) is 6.20 Å². The van der Waals surface area contributed by atoms with E-state index in [9.17, 15) is 4.79 Å². The number of ether oxygens (including phenoxy) is 1. The predicted octanol–water partition coefficient (Wildman–Crippen LogP) is 0.621. The number of carbonyl (C=O) groups is 1. The normalized spacial score (nSPS) is 12.7. The highest BCUT2D eigenvalue weighted by Crippen LogP contribution is 2.22. The number of aromatic nitrogens is 2. The maximum absolute atomic E-state index is 12.4. The first-order chi connectivity index (χ1) is 9.01. The van der Waals surface area contributed by atoms with Gasteiger partial charge in [0.05, 0.1) is 19.9 Å². The van der Waals surface area contributed by atoms with Crippen LogP contribution in [-0.2, 0) is 6.54 Å². The highest BCUT2D eigenvalue weighted by atomic mass is 16.5. The zero-order valence-corrected chi connectivity index (χ0v) is 12.2. The summed E-state index contributed by atoms with van der Waals surface area (Å²) in [6.45, 7) is 3.86. The third kappa shape index (κ3) is 4.04. The zero-order chi connectivity index (χ0) is 14.4. The number of nitrogens with zero attached hydrogens (tertiary/aromatic N) is 3. The predicted molar refractivity (Wildman–Crippen MR) is 74.5 cm³/mol. The van der Waals surface area contributed by atoms with E-state index in [0.717, 1.165) is 6.54 Å². The number of rotatable bonds is 8. The van der Waals surface area contributed by atoms with Crippen molar-refractivity contribution in [1.82, 2.24) is 14.7 Å². The topological polar surface area (TPSA) is 73.4 Å². The summed E-state index contributed by atoms with van der Waals surface area (Å²) in [5.41, 5.74) is 6.06. The fourth-order valence-corrected chi connectivity index (χ4v) is 1.84. The first-order valence-corrected chi connectivity index (χ1v) is 6.50. The lowest BCUT2D eigenvalue weighted by atomic mass is 10.00. The molecule has 0 radical (unpaired) electrons. The molecule has 0 aliphatic heterocycles. The molecule has 0 amide bonds. The summed E-state index contributed by atoms with van der Waals surface area (Å²) in [6, 6.07) is 0. The molecular formula is C13H24N4O2. The van der Waals surface area contributed by atoms with Gasteiger partial charge in [0.1, 0.15) is 5.69 Å². The molecule has 0 aliphatic carbocycles. The Morgan fingerprint density at radius 3 is 2.79 bits per heavy atom. The van der Waals surface area contributed by atoms with Crippen LogP contribution in [-0.4, -0.2) is 54.8 Å². The SMILES string of the molecule is COc1cnn(CCN(C)C)c1C(=O)C(C)CCN. The summed E-state index contributed by atoms with van der Waals surface area (Å²) in [6.07, 6.45) is 2.26. The maximum atomic E-state index is 12.4. The molecule has 1 unspecified atom stereocenters. The fourth-order valence-electron chi connectivity index (χ4n) is 1.84. The van der Waals surface area contributed by atoms with Crippen LogP contribution in [0.4, 0.5) is 0 Å². The van der Waals surface area contributed by atoms with Crippen molar-refractivity contribution in [1.29, 1.82) is 0 Å². The smallest absolute Gasteiger partial charge is 0.187 e. The van der Waals surface area contributed by atoms with Crippen LogP contribution < -0.4 is 10.5 Å². The Morgan fingerprint density at radius 1 is 1.58 bits per heavy atom. The van der Waals surface area contributed by atoms with Crippen LogP contribution in [0.25, 0.3) is 0 Å². The molecule has 0 saturated carbocycles. The molecule has 0 spiro atoms. The monoisotopic (exact) mass is 268 g/mol. The average Bonchev–Trinajstić information content (AvgIpc) is 2.78. The minimum absolute atomic E-state index is 0.0403. The Hall–Kier alpha value is -1.40. The van der Waals surface area contributed by atoms with Crippen LogP contribution in [0.3, 0.4) is 0 Å². The van der Waals surface area contributed by atoms with Crippen molar-refractivity contribution < 1.29 is 9.53 Å². The summed E-state index contributed by atoms with van der Waals surface area (Å²) < 4.78 is 6.95. The van der Waals surface area contributed by atoms with Gasteiger partial charge in [0.2, 0.25) is 0 Å². The van der Waals surface area contributed by atoms with Crippen molar-refractivity contribution in [3.63, 3.8) is 0 Å². The Balaban J connectivity index is 2.95. The van der Waals surface area contributed by atoms with Gasteiger partial charge in [-0.05, 0) is 27.1 Å². The molecule has 1 rings (SSSR count). The van der Waals surface area contributed by atoms with Gasteiger partial charge in [0, 0.05) is 12.5 Å². The highest BCUT2D eigenvalue weighted by Gasteiger charge is 2.23. The molecule has 1 aromatic heterocycles. The highest BCUT2D eigenvalue weighted by molar-refractivity contribution is 5.98. The first kappa shape index (κ1) is 15.7. The van der Waals surface area contributed by atoms with Crippen LogP contribution >= 0.6 is 0 Å². The lowest BCUT2D eigenvalue weighted by molar-refractivity contribution is 0.0910. The van der Waals surface area contributed by atoms with Crippen LogP contribution in [0.1, 0.15) is 23.8 Å². The number of hydrogen-bond donors (Lipinski definition) is 1. The number of likely N-dealkylation sites (N-methyl/N-ethyl adjacent to an activating group) is 1. The van der Waals surface area contributed by atoms with E-state index in [0.29, 0.717) is 31.0 Å². The molecule has 0 fully saturated rings. The molecule has 6 nitrogen and oxygen atoms in total. The Morgan fingerprint density at radius 2 is 2.26 bits per heavy atom. The van der Waals surface area contributed by atoms with E-state index in [2.05, 4.69) is 5.10 Å². The van der Waals surface area contributed by atoms with Gasteiger partial charge in [-0.3, -0.25) is 9.48 Å². The Bertz CT molecular complexity index is 415. The van der Waals surface area contributed by atoms with Gasteiger partial charge in [-0.2, -0.15) is 5.10 Å². The second-order valence-corrected chi connectivity index (χ2v) is 4.93. The number of carbonyl (C=O) groups excluding carboxylic acids is 1. The second-order valence-electron chi connectivity index (χ2n) is 4.93. The zero-order valence-electron chi connectivity index (χ0n) is 12.2. The summed E-state index contributed by atoms with van der Waals surface area (Å²) >= 11 is 0. The molecule has 1 aromatic rings. The molecule has 0 bridgehead atoms. The van der Waals surface area contributed by atoms with Gasteiger partial charge < -0.3 is 15.4 Å². The second kappa shape index (κ2) is 7.25. The fraction of sp³-hybridized carbons (Fsp3) is 0.692. The van der Waals surface area contributed by atoms with Gasteiger partial charge >= 0.3 is 0 Å². The van der Waals surface area contributed by atoms with E-state index in [-0.39, 0.29) is 11.7 Å². The minimum Gasteiger partial charge on any atom is -0.493 e. The van der Waals surface area contributed by atoms with E-state index in [1.807, 2.05) is 25.9 Å². The third-order valence-corrected chi connectivity index (χ3v) is 3.07. The van der Waals surface area contributed by atoms with Gasteiger partial charge in [0.15, 0.2) is 11.5 Å². The van der Waals surface area contributed by atoms with Crippen molar-refractivity contribution in [3.05, 3.63) is 11.9 Å². The third-order valence-electron chi connectivity index (χ3n) is 3.07. The van der Waals surface area contributed by atoms with Crippen LogP contribution in [0.2, 0.25) is 0 Å². The van der Waals surface area contributed by atoms with Crippen LogP contribution in [0.5, 0.6) is 5.75 Å². The van der Waals surface area contributed by atoms with E-state index in [4.69, 9.17) is 10.5 Å². The molecule has 1 atom stereocenters. The van der Waals surface area contributed by atoms with Gasteiger partial charge in [0.25, 0.3) is 0 Å². The maximum Gasteiger partial charge on any atom is 0.187 e. The summed E-state index contributed by atoms with van der Waals surface area (Å²) in [5, 5.41) is 4.24. The minimum atomic E-state index is -0.117. The lowest BCUT2D eigenvalue weighted by Crippen LogP contribution is -2.24. The van der Waals surface area contributed by atoms with Gasteiger partial charge in [-0.1, -0.05) is 6.92 Å². The van der Waals surface area contributed by atoms with E-state index >= 15 is 0 Å². The Kier molecular flexibility index (Phi) is 5.98. The van der Waals surface area contributed by atoms with Crippen molar-refractivity contribution in [2.45, 2.75) is 19.9 Å². The van der Waals surface area contributed by atoms with Crippen molar-refractivity contribution in [2.75, 3.05) is 34.3 Å². The van der Waals surface area contributed by atoms with Crippen molar-refractivity contribution in [2.24, 2.45) is 11.7 Å². The quantitative estimate of drug-likeness (QED) is 0.700. The molecule has 0 saturated heterocycles. The molecule has 2 N–H and O–H groups in total. The summed E-state index contributed by atoms with van der Waals surface area (Å²) in [4.78, 5) is 14.5. The van der Waals surface area contributed by atoms with E-state index < -0.39 is 0 Å². The van der Waals surface area contributed by atoms with Crippen molar-refractivity contribution in [3.8, 4) is 5.75 Å². The molecule has 19 heavy (non-hydrogen) atoms. The first-order valence-electron chi connectivity index (χ1n) is 6.50. The number of nitrogens with two attached hydrogens (primary N) is 1. The molecule has 108 valence electrons. The largest absolute Gasteiger partial charge is 0.493 e. The number of methoxy groups -OCH3 is 1. The molecule has 6 heteroatoms. The van der Waals surface area contributed by atoms with E-state index in [1.54, 1.807) is 18.0 Å². The van der Waals surface area contributed by atoms with E-state index in [1.165, 1.54) is 0 Å². The molecule has 0 aromatic carbocycles. The van der Waals surface area contributed by atoms with Gasteiger partial charge in [-0.15, -0.1) is 0 Å². The van der Waals surface area contributed by atoms with Crippen molar-refractivity contribution >= 4 is 5.78 Å². The summed E-state index contributed by atoms with van der Waals surface area (Å²) in [7, 11) is 5.52. The Labute approximate surface area is 114 Å².